The van der Waals surface area contributed by atoms with Gasteiger partial charge in [0.05, 0.1) is 12.6 Å². The van der Waals surface area contributed by atoms with Gasteiger partial charge < -0.3 is 15.7 Å². The van der Waals surface area contributed by atoms with Gasteiger partial charge in [0.15, 0.2) is 0 Å². The third-order valence-electron chi connectivity index (χ3n) is 4.13. The molecular formula is C17H23N3O2. The maximum atomic E-state index is 9.16. The van der Waals surface area contributed by atoms with E-state index in [0.29, 0.717) is 12.3 Å². The molecule has 0 bridgehead atoms. The zero-order chi connectivity index (χ0) is 16.1. The van der Waals surface area contributed by atoms with Crippen molar-refractivity contribution in [3.05, 3.63) is 52.6 Å². The molecule has 1 atom stereocenters. The van der Waals surface area contributed by atoms with Crippen LogP contribution in [0.5, 0.6) is 0 Å². The molecule has 0 aromatic carbocycles. The Balaban J connectivity index is 2.00. The smallest absolute Gasteiger partial charge is 0.127 e. The normalized spacial score (nSPS) is 20.7. The summed E-state index contributed by atoms with van der Waals surface area (Å²) in [5.74, 6) is 0.779. The first kappa shape index (κ1) is 16.2. The summed E-state index contributed by atoms with van der Waals surface area (Å²) in [6.07, 6.45) is 5.44. The Bertz CT molecular complexity index is 616. The van der Waals surface area contributed by atoms with E-state index in [9.17, 15) is 0 Å². The van der Waals surface area contributed by atoms with Crippen LogP contribution in [0.25, 0.3) is 0 Å². The fourth-order valence-corrected chi connectivity index (χ4v) is 2.60. The second kappa shape index (κ2) is 7.22. The molecule has 0 fully saturated rings. The van der Waals surface area contributed by atoms with E-state index in [1.165, 1.54) is 5.56 Å². The van der Waals surface area contributed by atoms with Crippen molar-refractivity contribution in [1.82, 2.24) is 4.98 Å². The van der Waals surface area contributed by atoms with E-state index < -0.39 is 0 Å². The predicted molar refractivity (Wildman–Crippen MR) is 86.8 cm³/mol. The standard InChI is InChI=1S/C17H23N3O2/c1-11-12(2)17(13(3)16(20-21)15(11)18)22-10-4-5-14-6-8-19-9-7-14/h6-9,15,21H,4-5,10,18H2,1-3H3. The summed E-state index contributed by atoms with van der Waals surface area (Å²) in [6, 6.07) is 3.65. The van der Waals surface area contributed by atoms with Gasteiger partial charge in [0.25, 0.3) is 0 Å². The van der Waals surface area contributed by atoms with Gasteiger partial charge in [0.1, 0.15) is 11.5 Å². The molecule has 0 saturated heterocycles. The maximum Gasteiger partial charge on any atom is 0.127 e. The number of nitrogens with two attached hydrogens (primary N) is 1. The number of nitrogens with zero attached hydrogens (tertiary/aromatic N) is 2. The van der Waals surface area contributed by atoms with Crippen molar-refractivity contribution in [2.75, 3.05) is 6.61 Å². The molecule has 1 aromatic heterocycles. The topological polar surface area (TPSA) is 80.7 Å². The molecular weight excluding hydrogens is 278 g/mol. The maximum absolute atomic E-state index is 9.16. The van der Waals surface area contributed by atoms with E-state index in [0.717, 1.165) is 35.3 Å². The Morgan fingerprint density at radius 2 is 1.91 bits per heavy atom. The van der Waals surface area contributed by atoms with E-state index >= 15 is 0 Å². The molecule has 1 aliphatic rings. The van der Waals surface area contributed by atoms with Gasteiger partial charge in [0.2, 0.25) is 0 Å². The van der Waals surface area contributed by atoms with E-state index in [2.05, 4.69) is 10.1 Å². The van der Waals surface area contributed by atoms with Crippen molar-refractivity contribution in [3.63, 3.8) is 0 Å². The van der Waals surface area contributed by atoms with Crippen molar-refractivity contribution in [1.29, 1.82) is 0 Å². The van der Waals surface area contributed by atoms with Gasteiger partial charge in [-0.05, 0) is 62.5 Å². The summed E-state index contributed by atoms with van der Waals surface area (Å²) in [5, 5.41) is 12.5. The van der Waals surface area contributed by atoms with Crippen LogP contribution < -0.4 is 5.73 Å². The molecule has 0 radical (unpaired) electrons. The molecule has 0 amide bonds. The monoisotopic (exact) mass is 301 g/mol. The zero-order valence-corrected chi connectivity index (χ0v) is 13.3. The second-order valence-electron chi connectivity index (χ2n) is 5.53. The molecule has 0 saturated carbocycles. The Labute approximate surface area is 131 Å². The first-order valence-electron chi connectivity index (χ1n) is 7.44. The minimum absolute atomic E-state index is 0.367. The number of aryl methyl sites for hydroxylation is 1. The lowest BCUT2D eigenvalue weighted by molar-refractivity contribution is 0.212. The van der Waals surface area contributed by atoms with Crippen LogP contribution in [0.4, 0.5) is 0 Å². The number of allylic oxidation sites excluding steroid dienone is 1. The Morgan fingerprint density at radius 3 is 2.55 bits per heavy atom. The molecule has 22 heavy (non-hydrogen) atoms. The quantitative estimate of drug-likeness (QED) is 0.498. The van der Waals surface area contributed by atoms with Gasteiger partial charge in [-0.1, -0.05) is 5.16 Å². The van der Waals surface area contributed by atoms with Crippen LogP contribution >= 0.6 is 0 Å². The highest BCUT2D eigenvalue weighted by atomic mass is 16.5. The van der Waals surface area contributed by atoms with Crippen LogP contribution in [0, 0.1) is 0 Å². The number of hydrogen-bond donors (Lipinski definition) is 2. The lowest BCUT2D eigenvalue weighted by atomic mass is 9.87. The van der Waals surface area contributed by atoms with Crippen molar-refractivity contribution in [2.45, 2.75) is 39.7 Å². The molecule has 1 heterocycles. The molecule has 0 aliphatic heterocycles. The summed E-state index contributed by atoms with van der Waals surface area (Å²) in [6.45, 7) is 6.42. The average molecular weight is 301 g/mol. The molecule has 2 rings (SSSR count). The predicted octanol–water partition coefficient (Wildman–Crippen LogP) is 2.81. The lowest BCUT2D eigenvalue weighted by Gasteiger charge is -2.26. The van der Waals surface area contributed by atoms with E-state index in [-0.39, 0.29) is 6.04 Å². The number of hydrogen-bond acceptors (Lipinski definition) is 5. The minimum atomic E-state index is -0.367. The third kappa shape index (κ3) is 3.36. The lowest BCUT2D eigenvalue weighted by Crippen LogP contribution is -2.36. The summed E-state index contributed by atoms with van der Waals surface area (Å²) in [4.78, 5) is 4.01. The molecule has 1 unspecified atom stereocenters. The summed E-state index contributed by atoms with van der Waals surface area (Å²) >= 11 is 0. The summed E-state index contributed by atoms with van der Waals surface area (Å²) in [5.41, 5.74) is 10.6. The zero-order valence-electron chi connectivity index (χ0n) is 13.3. The SMILES string of the molecule is CC1=C(OCCCc2ccncc2)C(C)=C(C)C(N)C1=NO. The van der Waals surface area contributed by atoms with Crippen LogP contribution in [0.2, 0.25) is 0 Å². The molecule has 5 nitrogen and oxygen atoms in total. The highest BCUT2D eigenvalue weighted by molar-refractivity contribution is 6.07. The summed E-state index contributed by atoms with van der Waals surface area (Å²) < 4.78 is 5.94. The highest BCUT2D eigenvalue weighted by Crippen LogP contribution is 2.28. The van der Waals surface area contributed by atoms with Crippen LogP contribution in [0.15, 0.2) is 52.2 Å². The molecule has 1 aromatic rings. The fourth-order valence-electron chi connectivity index (χ4n) is 2.60. The Kier molecular flexibility index (Phi) is 5.33. The van der Waals surface area contributed by atoms with Gasteiger partial charge in [-0.15, -0.1) is 0 Å². The van der Waals surface area contributed by atoms with Crippen LogP contribution in [0.1, 0.15) is 32.8 Å². The molecule has 5 heteroatoms. The van der Waals surface area contributed by atoms with E-state index in [1.807, 2.05) is 32.9 Å². The van der Waals surface area contributed by atoms with E-state index in [1.54, 1.807) is 12.4 Å². The first-order valence-corrected chi connectivity index (χ1v) is 7.44. The van der Waals surface area contributed by atoms with Crippen molar-refractivity contribution in [2.24, 2.45) is 10.9 Å². The number of rotatable bonds is 5. The van der Waals surface area contributed by atoms with Gasteiger partial charge in [-0.25, -0.2) is 0 Å². The van der Waals surface area contributed by atoms with Crippen LogP contribution in [-0.2, 0) is 11.2 Å². The first-order chi connectivity index (χ1) is 10.6. The largest absolute Gasteiger partial charge is 0.493 e. The Morgan fingerprint density at radius 1 is 1.23 bits per heavy atom. The van der Waals surface area contributed by atoms with Gasteiger partial charge in [-0.3, -0.25) is 4.98 Å². The summed E-state index contributed by atoms with van der Waals surface area (Å²) in [7, 11) is 0. The van der Waals surface area contributed by atoms with E-state index in [4.69, 9.17) is 15.7 Å². The molecule has 1 aliphatic carbocycles. The number of pyridine rings is 1. The van der Waals surface area contributed by atoms with Crippen molar-refractivity contribution < 1.29 is 9.94 Å². The van der Waals surface area contributed by atoms with Crippen molar-refractivity contribution >= 4 is 5.71 Å². The van der Waals surface area contributed by atoms with Crippen LogP contribution in [-0.4, -0.2) is 28.6 Å². The molecule has 3 N–H and O–H groups in total. The average Bonchev–Trinajstić information content (AvgIpc) is 2.54. The van der Waals surface area contributed by atoms with Crippen LogP contribution in [0.3, 0.4) is 0 Å². The second-order valence-corrected chi connectivity index (χ2v) is 5.53. The van der Waals surface area contributed by atoms with Gasteiger partial charge in [0, 0.05) is 18.0 Å². The molecule has 118 valence electrons. The van der Waals surface area contributed by atoms with Gasteiger partial charge in [-0.2, -0.15) is 0 Å². The fraction of sp³-hybridized carbons (Fsp3) is 0.412. The number of oxime groups is 1. The number of aromatic nitrogens is 1. The molecule has 0 spiro atoms. The third-order valence-corrected chi connectivity index (χ3v) is 4.13. The minimum Gasteiger partial charge on any atom is -0.493 e. The van der Waals surface area contributed by atoms with Crippen molar-refractivity contribution in [3.8, 4) is 0 Å². The Hall–Kier alpha value is -2.14. The van der Waals surface area contributed by atoms with Gasteiger partial charge >= 0.3 is 0 Å². The number of ether oxygens (including phenoxy) is 1. The highest BCUT2D eigenvalue weighted by Gasteiger charge is 2.27.